The van der Waals surface area contributed by atoms with E-state index in [1.165, 1.54) is 22.5 Å². The molecule has 0 saturated carbocycles. The van der Waals surface area contributed by atoms with Gasteiger partial charge in [0, 0.05) is 42.8 Å². The molecule has 1 aliphatic heterocycles. The third-order valence-electron chi connectivity index (χ3n) is 5.37. The third kappa shape index (κ3) is 3.50. The van der Waals surface area contributed by atoms with Crippen molar-refractivity contribution in [1.29, 1.82) is 0 Å². The molecule has 32 heavy (non-hydrogen) atoms. The van der Waals surface area contributed by atoms with Crippen LogP contribution >= 0.6 is 11.6 Å². The molecule has 0 N–H and O–H groups in total. The van der Waals surface area contributed by atoms with Crippen LogP contribution in [-0.4, -0.2) is 39.2 Å². The summed E-state index contributed by atoms with van der Waals surface area (Å²) in [6, 6.07) is 12.2. The Morgan fingerprint density at radius 2 is 1.88 bits per heavy atom. The molecule has 164 valence electrons. The molecule has 0 atom stereocenters. The topological polar surface area (TPSA) is 94.1 Å². The van der Waals surface area contributed by atoms with E-state index in [0.717, 1.165) is 5.69 Å². The van der Waals surface area contributed by atoms with E-state index in [-0.39, 0.29) is 28.8 Å². The summed E-state index contributed by atoms with van der Waals surface area (Å²) >= 11 is 5.99. The van der Waals surface area contributed by atoms with Crippen LogP contribution in [0, 0.1) is 5.82 Å². The molecule has 0 saturated heterocycles. The van der Waals surface area contributed by atoms with Gasteiger partial charge in [-0.15, -0.1) is 10.2 Å². The zero-order chi connectivity index (χ0) is 22.5. The van der Waals surface area contributed by atoms with Crippen molar-refractivity contribution in [2.24, 2.45) is 7.05 Å². The summed E-state index contributed by atoms with van der Waals surface area (Å²) in [5.41, 5.74) is 2.11. The molecule has 0 unspecified atom stereocenters. The molecule has 2 aromatic carbocycles. The van der Waals surface area contributed by atoms with Gasteiger partial charge in [-0.05, 0) is 30.3 Å². The van der Waals surface area contributed by atoms with Crippen molar-refractivity contribution in [3.63, 3.8) is 0 Å². The molecule has 0 radical (unpaired) electrons. The summed E-state index contributed by atoms with van der Waals surface area (Å²) in [6.07, 6.45) is 0.465. The van der Waals surface area contributed by atoms with Crippen LogP contribution in [0.15, 0.2) is 57.8 Å². The van der Waals surface area contributed by atoms with Gasteiger partial charge in [-0.25, -0.2) is 12.8 Å². The largest absolute Gasteiger partial charge is 0.414 e. The highest BCUT2D eigenvalue weighted by molar-refractivity contribution is 7.89. The van der Waals surface area contributed by atoms with Crippen LogP contribution in [0.4, 0.5) is 4.39 Å². The fourth-order valence-corrected chi connectivity index (χ4v) is 5.49. The van der Waals surface area contributed by atoms with Crippen molar-refractivity contribution in [3.05, 3.63) is 70.6 Å². The summed E-state index contributed by atoms with van der Waals surface area (Å²) < 4.78 is 49.2. The number of hydrogen-bond acceptors (Lipinski definition) is 6. The first-order valence-corrected chi connectivity index (χ1v) is 11.6. The van der Waals surface area contributed by atoms with Gasteiger partial charge >= 0.3 is 0 Å². The van der Waals surface area contributed by atoms with E-state index >= 15 is 0 Å². The second-order valence-electron chi connectivity index (χ2n) is 7.34. The standard InChI is InChI=1S/C21H17ClFN5O3S/c1-27-18-9-10-28(32(29,30)14-6-4-5-13(22)11-14)12-16(18)19(26-27)21-25-24-20(31-21)15-7-2-3-8-17(15)23/h2-8,11H,9-10,12H2,1H3. The Kier molecular flexibility index (Phi) is 5.07. The van der Waals surface area contributed by atoms with Crippen molar-refractivity contribution < 1.29 is 17.2 Å². The molecular weight excluding hydrogens is 457 g/mol. The first-order chi connectivity index (χ1) is 15.3. The summed E-state index contributed by atoms with van der Waals surface area (Å²) in [6.45, 7) is 0.385. The molecule has 1 aliphatic rings. The van der Waals surface area contributed by atoms with Gasteiger partial charge in [0.15, 0.2) is 5.69 Å². The Bertz CT molecular complexity index is 1430. The number of rotatable bonds is 4. The van der Waals surface area contributed by atoms with Gasteiger partial charge in [0.05, 0.1) is 10.5 Å². The highest BCUT2D eigenvalue weighted by Gasteiger charge is 2.33. The number of hydrogen-bond donors (Lipinski definition) is 0. The van der Waals surface area contributed by atoms with E-state index in [1.54, 1.807) is 42.1 Å². The van der Waals surface area contributed by atoms with Crippen LogP contribution in [0.5, 0.6) is 0 Å². The van der Waals surface area contributed by atoms with Gasteiger partial charge in [0.1, 0.15) is 5.82 Å². The SMILES string of the molecule is Cn1nc(-c2nnc(-c3ccccc3F)o2)c2c1CCN(S(=O)(=O)c1cccc(Cl)c1)C2. The van der Waals surface area contributed by atoms with Crippen molar-refractivity contribution >= 4 is 21.6 Å². The molecule has 2 aromatic heterocycles. The summed E-state index contributed by atoms with van der Waals surface area (Å²) in [4.78, 5) is 0.124. The second-order valence-corrected chi connectivity index (χ2v) is 9.71. The molecule has 5 rings (SSSR count). The molecule has 3 heterocycles. The molecule has 0 spiro atoms. The van der Waals surface area contributed by atoms with Gasteiger partial charge in [0.25, 0.3) is 11.8 Å². The van der Waals surface area contributed by atoms with Gasteiger partial charge < -0.3 is 4.42 Å². The van der Waals surface area contributed by atoms with E-state index in [1.807, 2.05) is 0 Å². The number of fused-ring (bicyclic) bond motifs is 1. The Labute approximate surface area is 188 Å². The lowest BCUT2D eigenvalue weighted by molar-refractivity contribution is 0.386. The Morgan fingerprint density at radius 3 is 2.66 bits per heavy atom. The second kappa shape index (κ2) is 7.80. The average molecular weight is 474 g/mol. The average Bonchev–Trinajstić information content (AvgIpc) is 3.39. The van der Waals surface area contributed by atoms with Crippen LogP contribution in [0.3, 0.4) is 0 Å². The highest BCUT2D eigenvalue weighted by atomic mass is 35.5. The lowest BCUT2D eigenvalue weighted by Crippen LogP contribution is -2.36. The monoisotopic (exact) mass is 473 g/mol. The highest BCUT2D eigenvalue weighted by Crippen LogP contribution is 2.33. The number of halogens is 2. The van der Waals surface area contributed by atoms with E-state index in [4.69, 9.17) is 16.0 Å². The van der Waals surface area contributed by atoms with E-state index in [9.17, 15) is 12.8 Å². The minimum atomic E-state index is -3.76. The van der Waals surface area contributed by atoms with Gasteiger partial charge in [-0.1, -0.05) is 29.8 Å². The Balaban J connectivity index is 1.51. The molecule has 0 amide bonds. The first kappa shape index (κ1) is 20.8. The first-order valence-electron chi connectivity index (χ1n) is 9.74. The van der Waals surface area contributed by atoms with Crippen LogP contribution < -0.4 is 0 Å². The molecule has 11 heteroatoms. The van der Waals surface area contributed by atoms with Crippen molar-refractivity contribution in [2.75, 3.05) is 6.54 Å². The third-order valence-corrected chi connectivity index (χ3v) is 7.45. The van der Waals surface area contributed by atoms with Crippen LogP contribution in [-0.2, 0) is 30.0 Å². The van der Waals surface area contributed by atoms with Crippen LogP contribution in [0.1, 0.15) is 11.3 Å². The zero-order valence-electron chi connectivity index (χ0n) is 16.9. The molecule has 0 fully saturated rings. The van der Waals surface area contributed by atoms with E-state index in [0.29, 0.717) is 29.2 Å². The van der Waals surface area contributed by atoms with E-state index in [2.05, 4.69) is 15.3 Å². The maximum Gasteiger partial charge on any atom is 0.268 e. The predicted molar refractivity (Wildman–Crippen MR) is 115 cm³/mol. The summed E-state index contributed by atoms with van der Waals surface area (Å²) in [5.74, 6) is -0.358. The molecule has 4 aromatic rings. The minimum absolute atomic E-state index is 0.0247. The molecule has 0 bridgehead atoms. The maximum atomic E-state index is 14.1. The number of benzene rings is 2. The fraction of sp³-hybridized carbons (Fsp3) is 0.190. The lowest BCUT2D eigenvalue weighted by atomic mass is 10.1. The molecular formula is C21H17ClFN5O3S. The maximum absolute atomic E-state index is 14.1. The van der Waals surface area contributed by atoms with E-state index < -0.39 is 15.8 Å². The summed E-state index contributed by atoms with van der Waals surface area (Å²) in [7, 11) is -1.99. The quantitative estimate of drug-likeness (QED) is 0.449. The van der Waals surface area contributed by atoms with Gasteiger partial charge in [-0.3, -0.25) is 4.68 Å². The summed E-state index contributed by atoms with van der Waals surface area (Å²) in [5, 5.41) is 12.8. The smallest absolute Gasteiger partial charge is 0.268 e. The normalized spacial score (nSPS) is 14.5. The Hall–Kier alpha value is -3.08. The number of nitrogens with zero attached hydrogens (tertiary/aromatic N) is 5. The lowest BCUT2D eigenvalue weighted by Gasteiger charge is -2.26. The predicted octanol–water partition coefficient (Wildman–Crippen LogP) is 3.68. The number of sulfonamides is 1. The number of aryl methyl sites for hydroxylation is 1. The van der Waals surface area contributed by atoms with Crippen LogP contribution in [0.25, 0.3) is 23.0 Å². The minimum Gasteiger partial charge on any atom is -0.414 e. The van der Waals surface area contributed by atoms with Gasteiger partial charge in [-0.2, -0.15) is 9.40 Å². The van der Waals surface area contributed by atoms with Crippen molar-refractivity contribution in [2.45, 2.75) is 17.9 Å². The van der Waals surface area contributed by atoms with Crippen LogP contribution in [0.2, 0.25) is 5.02 Å². The van der Waals surface area contributed by atoms with Crippen molar-refractivity contribution in [3.8, 4) is 23.0 Å². The Morgan fingerprint density at radius 1 is 1.09 bits per heavy atom. The van der Waals surface area contributed by atoms with Gasteiger partial charge in [0.2, 0.25) is 10.0 Å². The zero-order valence-corrected chi connectivity index (χ0v) is 18.4. The fourth-order valence-electron chi connectivity index (χ4n) is 3.78. The van der Waals surface area contributed by atoms with Crippen molar-refractivity contribution in [1.82, 2.24) is 24.3 Å². The number of aromatic nitrogens is 4. The molecule has 8 nitrogen and oxygen atoms in total. The molecule has 0 aliphatic carbocycles.